The third-order valence-electron chi connectivity index (χ3n) is 5.79. The summed E-state index contributed by atoms with van der Waals surface area (Å²) in [6.45, 7) is 14.4. The lowest BCUT2D eigenvalue weighted by Gasteiger charge is -2.29. The Bertz CT molecular complexity index is 951. The van der Waals surface area contributed by atoms with Crippen molar-refractivity contribution in [1.29, 1.82) is 0 Å². The van der Waals surface area contributed by atoms with Gasteiger partial charge in [-0.15, -0.1) is 0 Å². The smallest absolute Gasteiger partial charge is 0.261 e. The first-order chi connectivity index (χ1) is 15.4. The highest BCUT2D eigenvalue weighted by molar-refractivity contribution is 9.10. The average Bonchev–Trinajstić information content (AvgIpc) is 2.76. The molecular weight excluding hydrogens is 480 g/mol. The molecule has 0 radical (unpaired) electrons. The molecule has 0 heterocycles. The van der Waals surface area contributed by atoms with Crippen LogP contribution in [0, 0.1) is 6.92 Å². The lowest BCUT2D eigenvalue weighted by atomic mass is 9.87. The molecule has 0 aliphatic heterocycles. The van der Waals surface area contributed by atoms with Gasteiger partial charge in [-0.25, -0.2) is 0 Å². The van der Waals surface area contributed by atoms with Gasteiger partial charge in [-0.2, -0.15) is 0 Å². The molecule has 0 bridgehead atoms. The lowest BCUT2D eigenvalue weighted by Crippen LogP contribution is -2.50. The Balaban J connectivity index is 2.18. The summed E-state index contributed by atoms with van der Waals surface area (Å²) >= 11 is 3.56. The Labute approximate surface area is 207 Å². The van der Waals surface area contributed by atoms with Gasteiger partial charge in [0.15, 0.2) is 6.61 Å². The van der Waals surface area contributed by atoms with E-state index in [0.29, 0.717) is 12.3 Å². The molecule has 0 fully saturated rings. The molecule has 2 aromatic carbocycles. The van der Waals surface area contributed by atoms with E-state index in [1.54, 1.807) is 11.8 Å². The Hall–Kier alpha value is -2.34. The molecule has 180 valence electrons. The molecule has 1 N–H and O–H groups in total. The number of hydrogen-bond donors (Lipinski definition) is 1. The number of amides is 2. The average molecular weight is 518 g/mol. The van der Waals surface area contributed by atoms with E-state index in [2.05, 4.69) is 42.0 Å². The summed E-state index contributed by atoms with van der Waals surface area (Å²) in [5.74, 6) is 0.193. The van der Waals surface area contributed by atoms with Gasteiger partial charge in [-0.3, -0.25) is 9.59 Å². The number of benzene rings is 2. The molecular formula is C27H37BrN2O3. The molecule has 0 saturated carbocycles. The molecule has 2 amide bonds. The zero-order valence-electron chi connectivity index (χ0n) is 20.9. The molecule has 0 unspecified atom stereocenters. The Morgan fingerprint density at radius 3 is 2.27 bits per heavy atom. The highest BCUT2D eigenvalue weighted by atomic mass is 79.9. The van der Waals surface area contributed by atoms with Crippen LogP contribution in [0.4, 0.5) is 0 Å². The van der Waals surface area contributed by atoms with Crippen molar-refractivity contribution in [1.82, 2.24) is 10.2 Å². The number of ether oxygens (including phenoxy) is 1. The van der Waals surface area contributed by atoms with Gasteiger partial charge in [-0.05, 0) is 71.8 Å². The van der Waals surface area contributed by atoms with E-state index in [0.717, 1.165) is 22.0 Å². The monoisotopic (exact) mass is 516 g/mol. The predicted octanol–water partition coefficient (Wildman–Crippen LogP) is 5.77. The Morgan fingerprint density at radius 2 is 1.73 bits per heavy atom. The summed E-state index contributed by atoms with van der Waals surface area (Å²) in [6.07, 6.45) is 0.825. The van der Waals surface area contributed by atoms with Gasteiger partial charge in [0, 0.05) is 12.6 Å². The molecule has 5 nitrogen and oxygen atoms in total. The minimum Gasteiger partial charge on any atom is -0.483 e. The van der Waals surface area contributed by atoms with Crippen LogP contribution < -0.4 is 10.1 Å². The van der Waals surface area contributed by atoms with Gasteiger partial charge in [0.25, 0.3) is 5.91 Å². The number of hydrogen-bond acceptors (Lipinski definition) is 3. The maximum absolute atomic E-state index is 13.2. The Morgan fingerprint density at radius 1 is 1.09 bits per heavy atom. The molecule has 0 aromatic heterocycles. The fourth-order valence-electron chi connectivity index (χ4n) is 3.25. The van der Waals surface area contributed by atoms with Crippen LogP contribution >= 0.6 is 15.9 Å². The van der Waals surface area contributed by atoms with Crippen molar-refractivity contribution in [3.05, 3.63) is 63.6 Å². The standard InChI is InChI=1S/C27H37BrN2O3/c1-8-19(3)29-26(32)20(4)30(16-21-11-9-18(2)10-12-21)25(31)17-33-24-14-13-22(15-23(24)28)27(5,6)7/h9-15,19-20H,8,16-17H2,1-7H3,(H,29,32)/t19-,20-/m0/s1. The Kier molecular flexibility index (Phi) is 9.53. The summed E-state index contributed by atoms with van der Waals surface area (Å²) in [6, 6.07) is 13.3. The molecule has 0 saturated heterocycles. The fourth-order valence-corrected chi connectivity index (χ4v) is 3.74. The second-order valence-corrected chi connectivity index (χ2v) is 10.5. The van der Waals surface area contributed by atoms with Crippen LogP contribution in [0.2, 0.25) is 0 Å². The van der Waals surface area contributed by atoms with E-state index in [1.807, 2.05) is 63.2 Å². The molecule has 6 heteroatoms. The molecule has 2 atom stereocenters. The normalized spacial score (nSPS) is 13.2. The van der Waals surface area contributed by atoms with Crippen LogP contribution in [0.5, 0.6) is 5.75 Å². The first-order valence-electron chi connectivity index (χ1n) is 11.5. The largest absolute Gasteiger partial charge is 0.483 e. The lowest BCUT2D eigenvalue weighted by molar-refractivity contribution is -0.142. The minimum absolute atomic E-state index is 0.0140. The molecule has 0 aliphatic rings. The minimum atomic E-state index is -0.622. The van der Waals surface area contributed by atoms with Crippen LogP contribution in [0.15, 0.2) is 46.9 Å². The first kappa shape index (κ1) is 26.9. The van der Waals surface area contributed by atoms with E-state index < -0.39 is 6.04 Å². The summed E-state index contributed by atoms with van der Waals surface area (Å²) < 4.78 is 6.67. The van der Waals surface area contributed by atoms with Crippen molar-refractivity contribution in [2.24, 2.45) is 0 Å². The summed E-state index contributed by atoms with van der Waals surface area (Å²) in [5, 5.41) is 2.98. The summed E-state index contributed by atoms with van der Waals surface area (Å²) in [5.41, 5.74) is 3.29. The highest BCUT2D eigenvalue weighted by Crippen LogP contribution is 2.31. The summed E-state index contributed by atoms with van der Waals surface area (Å²) in [7, 11) is 0. The number of carbonyl (C=O) groups excluding carboxylic acids is 2. The van der Waals surface area contributed by atoms with E-state index in [4.69, 9.17) is 4.74 Å². The number of nitrogens with one attached hydrogen (secondary N) is 1. The van der Waals surface area contributed by atoms with Crippen molar-refractivity contribution in [2.45, 2.75) is 78.9 Å². The molecule has 0 aliphatic carbocycles. The second kappa shape index (κ2) is 11.7. The zero-order valence-corrected chi connectivity index (χ0v) is 22.5. The summed E-state index contributed by atoms with van der Waals surface area (Å²) in [4.78, 5) is 27.6. The van der Waals surface area contributed by atoms with Gasteiger partial charge < -0.3 is 15.0 Å². The maximum Gasteiger partial charge on any atom is 0.261 e. The quantitative estimate of drug-likeness (QED) is 0.460. The second-order valence-electron chi connectivity index (χ2n) is 9.68. The third-order valence-corrected chi connectivity index (χ3v) is 6.41. The number of carbonyl (C=O) groups is 2. The van der Waals surface area contributed by atoms with E-state index in [9.17, 15) is 9.59 Å². The van der Waals surface area contributed by atoms with Crippen molar-refractivity contribution >= 4 is 27.7 Å². The topological polar surface area (TPSA) is 58.6 Å². The number of halogens is 1. The van der Waals surface area contributed by atoms with Gasteiger partial charge in [0.2, 0.25) is 5.91 Å². The van der Waals surface area contributed by atoms with Crippen LogP contribution in [-0.2, 0) is 21.5 Å². The third kappa shape index (κ3) is 7.88. The number of aryl methyl sites for hydroxylation is 1. The van der Waals surface area contributed by atoms with Crippen molar-refractivity contribution < 1.29 is 14.3 Å². The fraction of sp³-hybridized carbons (Fsp3) is 0.481. The highest BCUT2D eigenvalue weighted by Gasteiger charge is 2.27. The van der Waals surface area contributed by atoms with Gasteiger partial charge in [0.05, 0.1) is 4.47 Å². The van der Waals surface area contributed by atoms with Crippen LogP contribution in [0.25, 0.3) is 0 Å². The van der Waals surface area contributed by atoms with Crippen molar-refractivity contribution in [3.63, 3.8) is 0 Å². The van der Waals surface area contributed by atoms with Crippen LogP contribution in [0.3, 0.4) is 0 Å². The van der Waals surface area contributed by atoms with Gasteiger partial charge in [-0.1, -0.05) is 63.6 Å². The van der Waals surface area contributed by atoms with Crippen molar-refractivity contribution in [3.8, 4) is 5.75 Å². The predicted molar refractivity (Wildman–Crippen MR) is 137 cm³/mol. The van der Waals surface area contributed by atoms with E-state index in [1.165, 1.54) is 5.56 Å². The van der Waals surface area contributed by atoms with Crippen LogP contribution in [-0.4, -0.2) is 35.4 Å². The first-order valence-corrected chi connectivity index (χ1v) is 12.3. The van der Waals surface area contributed by atoms with E-state index in [-0.39, 0.29) is 29.9 Å². The SMILES string of the molecule is CC[C@H](C)NC(=O)[C@H](C)N(Cc1ccc(C)cc1)C(=O)COc1ccc(C(C)(C)C)cc1Br. The van der Waals surface area contributed by atoms with Crippen molar-refractivity contribution in [2.75, 3.05) is 6.61 Å². The molecule has 33 heavy (non-hydrogen) atoms. The van der Waals surface area contributed by atoms with Gasteiger partial charge in [0.1, 0.15) is 11.8 Å². The number of nitrogens with zero attached hydrogens (tertiary/aromatic N) is 1. The van der Waals surface area contributed by atoms with Gasteiger partial charge >= 0.3 is 0 Å². The zero-order chi connectivity index (χ0) is 24.8. The number of rotatable bonds is 9. The molecule has 2 rings (SSSR count). The maximum atomic E-state index is 13.2. The van der Waals surface area contributed by atoms with E-state index >= 15 is 0 Å². The molecule has 0 spiro atoms. The molecule has 2 aromatic rings. The van der Waals surface area contributed by atoms with Crippen LogP contribution in [0.1, 0.15) is 64.7 Å².